The summed E-state index contributed by atoms with van der Waals surface area (Å²) in [4.78, 5) is 15.1. The Bertz CT molecular complexity index is 1100. The molecule has 1 aliphatic rings. The molecule has 1 aliphatic heterocycles. The quantitative estimate of drug-likeness (QED) is 0.451. The Morgan fingerprint density at radius 1 is 1.03 bits per heavy atom. The lowest BCUT2D eigenvalue weighted by Gasteiger charge is -2.26. The lowest BCUT2D eigenvalue weighted by molar-refractivity contribution is -0.137. The Morgan fingerprint density at radius 2 is 1.71 bits per heavy atom. The number of hydrogen-bond acceptors (Lipinski definition) is 5. The molecule has 2 heterocycles. The summed E-state index contributed by atoms with van der Waals surface area (Å²) in [5, 5.41) is 11.5. The molecule has 3 aromatic rings. The van der Waals surface area contributed by atoms with Gasteiger partial charge < -0.3 is 5.32 Å². The monoisotopic (exact) mass is 489 g/mol. The molecule has 0 radical (unpaired) electrons. The van der Waals surface area contributed by atoms with E-state index in [1.807, 2.05) is 34.9 Å². The fraction of sp³-hybridized carbons (Fsp3) is 0.375. The van der Waals surface area contributed by atoms with Gasteiger partial charge >= 0.3 is 6.18 Å². The van der Waals surface area contributed by atoms with Crippen LogP contribution in [-0.2, 0) is 17.5 Å². The Hall–Kier alpha value is -2.85. The minimum absolute atomic E-state index is 0.306. The van der Waals surface area contributed by atoms with Gasteiger partial charge in [-0.05, 0) is 69.3 Å². The minimum Gasteiger partial charge on any atom is -0.325 e. The summed E-state index contributed by atoms with van der Waals surface area (Å²) in [6.45, 7) is 4.46. The molecule has 0 bridgehead atoms. The maximum absolute atomic E-state index is 12.8. The van der Waals surface area contributed by atoms with Crippen LogP contribution in [0.5, 0.6) is 0 Å². The van der Waals surface area contributed by atoms with Crippen molar-refractivity contribution >= 4 is 23.4 Å². The average Bonchev–Trinajstić information content (AvgIpc) is 3.21. The molecule has 4 rings (SSSR count). The first-order chi connectivity index (χ1) is 16.3. The van der Waals surface area contributed by atoms with E-state index in [0.717, 1.165) is 36.7 Å². The zero-order chi connectivity index (χ0) is 24.1. The van der Waals surface area contributed by atoms with Crippen molar-refractivity contribution < 1.29 is 18.0 Å². The van der Waals surface area contributed by atoms with Crippen molar-refractivity contribution in [2.45, 2.75) is 49.3 Å². The number of aromatic nitrogens is 3. The molecule has 1 atom stereocenters. The number of halogens is 3. The number of nitrogens with one attached hydrogen (secondary N) is 1. The molecule has 1 saturated heterocycles. The van der Waals surface area contributed by atoms with Crippen molar-refractivity contribution in [3.05, 3.63) is 66.0 Å². The standard InChI is InChI=1S/C24H26F3N5OS/c1-17(22(33)28-19-12-10-18(11-13-19)24(25,26)27)34-23-30-29-21(16-31-14-6-3-7-15-31)32(23)20-8-4-2-5-9-20/h2,4-5,8-13,17H,3,6-7,14-16H2,1H3,(H,28,33). The Labute approximate surface area is 200 Å². The van der Waals surface area contributed by atoms with Crippen molar-refractivity contribution in [2.75, 3.05) is 18.4 Å². The Balaban J connectivity index is 1.49. The number of piperidine rings is 1. The highest BCUT2D eigenvalue weighted by Gasteiger charge is 2.30. The van der Waals surface area contributed by atoms with E-state index in [1.54, 1.807) is 6.92 Å². The van der Waals surface area contributed by atoms with E-state index in [0.29, 0.717) is 17.4 Å². The number of amides is 1. The molecule has 1 unspecified atom stereocenters. The summed E-state index contributed by atoms with van der Waals surface area (Å²) in [6.07, 6.45) is -0.835. The van der Waals surface area contributed by atoms with Crippen LogP contribution in [0.2, 0.25) is 0 Å². The smallest absolute Gasteiger partial charge is 0.325 e. The highest BCUT2D eigenvalue weighted by molar-refractivity contribution is 8.00. The minimum atomic E-state index is -4.42. The number of alkyl halides is 3. The maximum Gasteiger partial charge on any atom is 0.416 e. The fourth-order valence-corrected chi connectivity index (χ4v) is 4.72. The maximum atomic E-state index is 12.8. The van der Waals surface area contributed by atoms with Crippen molar-refractivity contribution in [3.63, 3.8) is 0 Å². The number of para-hydroxylation sites is 1. The van der Waals surface area contributed by atoms with Gasteiger partial charge in [-0.1, -0.05) is 36.4 Å². The number of thioether (sulfide) groups is 1. The summed E-state index contributed by atoms with van der Waals surface area (Å²) in [5.74, 6) is 0.482. The van der Waals surface area contributed by atoms with Crippen LogP contribution in [0.3, 0.4) is 0 Å². The molecule has 1 fully saturated rings. The number of benzene rings is 2. The summed E-state index contributed by atoms with van der Waals surface area (Å²) in [6, 6.07) is 14.2. The molecule has 6 nitrogen and oxygen atoms in total. The van der Waals surface area contributed by atoms with Gasteiger partial charge in [-0.15, -0.1) is 10.2 Å². The number of carbonyl (C=O) groups is 1. The molecule has 1 N–H and O–H groups in total. The summed E-state index contributed by atoms with van der Waals surface area (Å²) < 4.78 is 40.3. The van der Waals surface area contributed by atoms with Gasteiger partial charge in [-0.3, -0.25) is 14.3 Å². The molecule has 34 heavy (non-hydrogen) atoms. The number of anilines is 1. The fourth-order valence-electron chi connectivity index (χ4n) is 3.83. The highest BCUT2D eigenvalue weighted by atomic mass is 32.2. The number of rotatable bonds is 7. The molecule has 1 aromatic heterocycles. The van der Waals surface area contributed by atoms with Gasteiger partial charge in [-0.25, -0.2) is 0 Å². The van der Waals surface area contributed by atoms with Crippen LogP contribution in [0, 0.1) is 0 Å². The van der Waals surface area contributed by atoms with Crippen LogP contribution in [0.25, 0.3) is 5.69 Å². The van der Waals surface area contributed by atoms with Crippen molar-refractivity contribution in [1.82, 2.24) is 19.7 Å². The molecule has 0 aliphatic carbocycles. The van der Waals surface area contributed by atoms with Crippen LogP contribution in [-0.4, -0.2) is 43.9 Å². The van der Waals surface area contributed by atoms with E-state index in [-0.39, 0.29) is 5.91 Å². The van der Waals surface area contributed by atoms with E-state index >= 15 is 0 Å². The predicted octanol–water partition coefficient (Wildman–Crippen LogP) is 5.39. The molecular weight excluding hydrogens is 463 g/mol. The first-order valence-corrected chi connectivity index (χ1v) is 12.1. The van der Waals surface area contributed by atoms with Crippen molar-refractivity contribution in [2.24, 2.45) is 0 Å². The van der Waals surface area contributed by atoms with Gasteiger partial charge in [-0.2, -0.15) is 13.2 Å². The second-order valence-corrected chi connectivity index (χ2v) is 9.54. The number of likely N-dealkylation sites (tertiary alicyclic amines) is 1. The lowest BCUT2D eigenvalue weighted by Crippen LogP contribution is -2.30. The third kappa shape index (κ3) is 5.98. The Morgan fingerprint density at radius 3 is 2.35 bits per heavy atom. The first-order valence-electron chi connectivity index (χ1n) is 11.2. The topological polar surface area (TPSA) is 63.1 Å². The van der Waals surface area contributed by atoms with E-state index in [1.165, 1.54) is 43.2 Å². The molecule has 180 valence electrons. The van der Waals surface area contributed by atoms with Crippen LogP contribution >= 0.6 is 11.8 Å². The summed E-state index contributed by atoms with van der Waals surface area (Å²) in [5.41, 5.74) is 0.461. The third-order valence-electron chi connectivity index (χ3n) is 5.66. The van der Waals surface area contributed by atoms with Gasteiger partial charge in [0.1, 0.15) is 0 Å². The van der Waals surface area contributed by atoms with Gasteiger partial charge in [0, 0.05) is 11.4 Å². The Kier molecular flexibility index (Phi) is 7.57. The summed E-state index contributed by atoms with van der Waals surface area (Å²) in [7, 11) is 0. The van der Waals surface area contributed by atoms with Crippen LogP contribution in [0.15, 0.2) is 59.8 Å². The largest absolute Gasteiger partial charge is 0.416 e. The normalized spacial score (nSPS) is 15.8. The number of hydrogen-bond donors (Lipinski definition) is 1. The van der Waals surface area contributed by atoms with Crippen LogP contribution < -0.4 is 5.32 Å². The van der Waals surface area contributed by atoms with Gasteiger partial charge in [0.05, 0.1) is 17.4 Å². The zero-order valence-electron chi connectivity index (χ0n) is 18.8. The molecule has 2 aromatic carbocycles. The number of carbonyl (C=O) groups excluding carboxylic acids is 1. The third-order valence-corrected chi connectivity index (χ3v) is 6.70. The second-order valence-electron chi connectivity index (χ2n) is 8.23. The SMILES string of the molecule is CC(Sc1nnc(CN2CCCCC2)n1-c1ccccc1)C(=O)Nc1ccc(C(F)(F)F)cc1. The van der Waals surface area contributed by atoms with E-state index in [4.69, 9.17) is 0 Å². The van der Waals surface area contributed by atoms with Gasteiger partial charge in [0.15, 0.2) is 11.0 Å². The van der Waals surface area contributed by atoms with Crippen molar-refractivity contribution in [3.8, 4) is 5.69 Å². The van der Waals surface area contributed by atoms with E-state index < -0.39 is 17.0 Å². The number of nitrogens with zero attached hydrogens (tertiary/aromatic N) is 4. The molecule has 10 heteroatoms. The van der Waals surface area contributed by atoms with Gasteiger partial charge in [0.2, 0.25) is 5.91 Å². The van der Waals surface area contributed by atoms with E-state index in [9.17, 15) is 18.0 Å². The molecule has 0 saturated carbocycles. The first kappa shape index (κ1) is 24.3. The predicted molar refractivity (Wildman–Crippen MR) is 126 cm³/mol. The zero-order valence-corrected chi connectivity index (χ0v) is 19.6. The molecule has 1 amide bonds. The molecule has 0 spiro atoms. The highest BCUT2D eigenvalue weighted by Crippen LogP contribution is 2.31. The second kappa shape index (κ2) is 10.6. The van der Waals surface area contributed by atoms with Gasteiger partial charge in [0.25, 0.3) is 0 Å². The van der Waals surface area contributed by atoms with E-state index in [2.05, 4.69) is 20.4 Å². The van der Waals surface area contributed by atoms with Crippen molar-refractivity contribution in [1.29, 1.82) is 0 Å². The average molecular weight is 490 g/mol. The van der Waals surface area contributed by atoms with Crippen LogP contribution in [0.1, 0.15) is 37.6 Å². The molecular formula is C24H26F3N5OS. The van der Waals surface area contributed by atoms with Crippen LogP contribution in [0.4, 0.5) is 18.9 Å². The summed E-state index contributed by atoms with van der Waals surface area (Å²) >= 11 is 1.26. The lowest BCUT2D eigenvalue weighted by atomic mass is 10.1.